The molecule has 0 atom stereocenters. The number of rotatable bonds is 4. The number of anilines is 1. The second-order valence-electron chi connectivity index (χ2n) is 3.33. The molecule has 0 unspecified atom stereocenters. The Bertz CT molecular complexity index is 478. The van der Waals surface area contributed by atoms with Gasteiger partial charge in [-0.05, 0) is 0 Å². The van der Waals surface area contributed by atoms with E-state index in [1.54, 1.807) is 0 Å². The molecule has 1 aromatic carbocycles. The van der Waals surface area contributed by atoms with E-state index in [1.807, 2.05) is 48.2 Å². The van der Waals surface area contributed by atoms with E-state index in [1.165, 1.54) is 0 Å². The van der Waals surface area contributed by atoms with E-state index in [2.05, 4.69) is 9.94 Å². The maximum absolute atomic E-state index is 8.79. The van der Waals surface area contributed by atoms with Crippen molar-refractivity contribution in [2.75, 3.05) is 19.0 Å². The fraction of sp³-hybridized carbons (Fsp3) is 0.167. The summed E-state index contributed by atoms with van der Waals surface area (Å²) in [6, 6.07) is 8.06. The van der Waals surface area contributed by atoms with Gasteiger partial charge in [-0.15, -0.1) is 0 Å². The van der Waals surface area contributed by atoms with Crippen LogP contribution in [0.4, 0.5) is 5.69 Å². The van der Waals surface area contributed by atoms with Crippen LogP contribution in [0.15, 0.2) is 29.2 Å². The topological polar surface area (TPSA) is 50.8 Å². The van der Waals surface area contributed by atoms with Gasteiger partial charge >= 0.3 is 114 Å². The summed E-state index contributed by atoms with van der Waals surface area (Å²) in [7, 11) is 3.98. The summed E-state index contributed by atoms with van der Waals surface area (Å²) in [6.07, 6.45) is 0. The van der Waals surface area contributed by atoms with Crippen LogP contribution < -0.4 is 4.90 Å². The van der Waals surface area contributed by atoms with Crippen LogP contribution in [0, 0.1) is 20.5 Å². The minimum absolute atomic E-state index is 0.172. The summed E-state index contributed by atoms with van der Waals surface area (Å²) < 4.78 is 1.01. The van der Waals surface area contributed by atoms with Crippen LogP contribution in [-0.4, -0.2) is 44.0 Å². The molecule has 1 rings (SSSR count). The molecule has 5 heteroatoms. The molecule has 0 aliphatic carbocycles. The SMILES string of the molecule is CN(C)c1ccc(/C(=C\[Se]C#N)[Se]C#N)cc1. The van der Waals surface area contributed by atoms with Crippen molar-refractivity contribution in [1.29, 1.82) is 10.5 Å². The Kier molecular flexibility index (Phi) is 5.84. The molecule has 0 radical (unpaired) electrons. The van der Waals surface area contributed by atoms with Gasteiger partial charge in [0.1, 0.15) is 0 Å². The van der Waals surface area contributed by atoms with Gasteiger partial charge in [-0.2, -0.15) is 0 Å². The van der Waals surface area contributed by atoms with Crippen molar-refractivity contribution in [2.45, 2.75) is 0 Å². The van der Waals surface area contributed by atoms with Gasteiger partial charge in [0.25, 0.3) is 0 Å². The van der Waals surface area contributed by atoms with E-state index in [4.69, 9.17) is 10.5 Å². The Morgan fingerprint density at radius 3 is 2.29 bits per heavy atom. The van der Waals surface area contributed by atoms with E-state index in [9.17, 15) is 0 Å². The average molecular weight is 355 g/mol. The van der Waals surface area contributed by atoms with Crippen molar-refractivity contribution in [3.63, 3.8) is 0 Å². The third-order valence-electron chi connectivity index (χ3n) is 2.04. The summed E-state index contributed by atoms with van der Waals surface area (Å²) in [5, 5.41) is 17.4. The van der Waals surface area contributed by atoms with Crippen LogP contribution in [0.3, 0.4) is 0 Å². The zero-order chi connectivity index (χ0) is 12.7. The van der Waals surface area contributed by atoms with Gasteiger partial charge in [-0.1, -0.05) is 0 Å². The van der Waals surface area contributed by atoms with E-state index >= 15 is 0 Å². The summed E-state index contributed by atoms with van der Waals surface area (Å²) >= 11 is -0.383. The third-order valence-corrected chi connectivity index (χ3v) is 5.16. The van der Waals surface area contributed by atoms with Gasteiger partial charge < -0.3 is 0 Å². The van der Waals surface area contributed by atoms with E-state index < -0.39 is 0 Å². The molecule has 0 spiro atoms. The molecule has 0 aliphatic rings. The first-order valence-electron chi connectivity index (χ1n) is 4.77. The third kappa shape index (κ3) is 4.27. The quantitative estimate of drug-likeness (QED) is 0.768. The molecule has 0 amide bonds. The van der Waals surface area contributed by atoms with Crippen LogP contribution in [0.2, 0.25) is 0 Å². The first kappa shape index (κ1) is 13.8. The molecule has 0 fully saturated rings. The monoisotopic (exact) mass is 357 g/mol. The molecule has 1 aromatic rings. The van der Waals surface area contributed by atoms with Gasteiger partial charge in [-0.3, -0.25) is 0 Å². The van der Waals surface area contributed by atoms with Gasteiger partial charge in [0.15, 0.2) is 0 Å². The normalized spacial score (nSPS) is 10.5. The Morgan fingerprint density at radius 1 is 1.18 bits per heavy atom. The van der Waals surface area contributed by atoms with Gasteiger partial charge in [0, 0.05) is 0 Å². The molecular formula is C12H11N3Se2. The maximum atomic E-state index is 8.79. The van der Waals surface area contributed by atoms with E-state index in [0.717, 1.165) is 15.7 Å². The van der Waals surface area contributed by atoms with Crippen molar-refractivity contribution in [1.82, 2.24) is 0 Å². The molecule has 0 N–H and O–H groups in total. The van der Waals surface area contributed by atoms with Crippen molar-refractivity contribution in [2.24, 2.45) is 0 Å². The minimum atomic E-state index is -0.210. The number of hydrogen-bond donors (Lipinski definition) is 0. The summed E-state index contributed by atoms with van der Waals surface area (Å²) in [5.41, 5.74) is 2.18. The van der Waals surface area contributed by atoms with Gasteiger partial charge in [0.05, 0.1) is 0 Å². The van der Waals surface area contributed by atoms with Gasteiger partial charge in [0.2, 0.25) is 0 Å². The Morgan fingerprint density at radius 2 is 1.82 bits per heavy atom. The molecule has 0 saturated heterocycles. The van der Waals surface area contributed by atoms with E-state index in [0.29, 0.717) is 0 Å². The number of nitrogens with zero attached hydrogens (tertiary/aromatic N) is 3. The predicted molar refractivity (Wildman–Crippen MR) is 71.5 cm³/mol. The Balaban J connectivity index is 2.97. The summed E-state index contributed by atoms with van der Waals surface area (Å²) in [5.74, 6) is 0. The Labute approximate surface area is 114 Å². The van der Waals surface area contributed by atoms with Crippen LogP contribution in [0.1, 0.15) is 5.56 Å². The first-order valence-corrected chi connectivity index (χ1v) is 8.33. The average Bonchev–Trinajstić information content (AvgIpc) is 2.34. The van der Waals surface area contributed by atoms with Crippen LogP contribution >= 0.6 is 0 Å². The van der Waals surface area contributed by atoms with Crippen LogP contribution in [0.5, 0.6) is 0 Å². The zero-order valence-electron chi connectivity index (χ0n) is 9.54. The van der Waals surface area contributed by atoms with Crippen LogP contribution in [0.25, 0.3) is 4.47 Å². The van der Waals surface area contributed by atoms with Gasteiger partial charge in [-0.25, -0.2) is 0 Å². The fourth-order valence-electron chi connectivity index (χ4n) is 1.20. The molecule has 0 aromatic heterocycles. The predicted octanol–water partition coefficient (Wildman–Crippen LogP) is 1.42. The second kappa shape index (κ2) is 7.17. The molecule has 17 heavy (non-hydrogen) atoms. The summed E-state index contributed by atoms with van der Waals surface area (Å²) in [6.45, 7) is 0. The first-order chi connectivity index (χ1) is 8.19. The zero-order valence-corrected chi connectivity index (χ0v) is 13.0. The standard InChI is InChI=1S/C12H11N3Se2/c1-15(2)11-5-3-10(4-6-11)12(17-9-14)7-16-8-13/h3-7H,1-2H3/b12-7+. The van der Waals surface area contributed by atoms with E-state index in [-0.39, 0.29) is 29.9 Å². The van der Waals surface area contributed by atoms with Crippen molar-refractivity contribution in [3.8, 4) is 9.94 Å². The molecule has 3 nitrogen and oxygen atoms in total. The molecule has 0 bridgehead atoms. The van der Waals surface area contributed by atoms with Crippen molar-refractivity contribution in [3.05, 3.63) is 34.8 Å². The molecule has 0 aliphatic heterocycles. The summed E-state index contributed by atoms with van der Waals surface area (Å²) in [4.78, 5) is 8.26. The number of hydrogen-bond acceptors (Lipinski definition) is 3. The van der Waals surface area contributed by atoms with Crippen molar-refractivity contribution >= 4 is 40.1 Å². The molecule has 86 valence electrons. The number of benzene rings is 1. The number of nitriles is 2. The van der Waals surface area contributed by atoms with Crippen molar-refractivity contribution < 1.29 is 0 Å². The molecule has 0 heterocycles. The Hall–Kier alpha value is -1.22. The second-order valence-corrected chi connectivity index (χ2v) is 6.43. The molecular weight excluding hydrogens is 344 g/mol. The van der Waals surface area contributed by atoms with Crippen LogP contribution in [-0.2, 0) is 0 Å². The molecule has 0 saturated carbocycles. The fourth-order valence-corrected chi connectivity index (χ4v) is 3.71.